The van der Waals surface area contributed by atoms with Gasteiger partial charge < -0.3 is 10.2 Å². The summed E-state index contributed by atoms with van der Waals surface area (Å²) < 4.78 is 26.7. The maximum absolute atomic E-state index is 12.8. The van der Waals surface area contributed by atoms with E-state index in [-0.39, 0.29) is 21.6 Å². The highest BCUT2D eigenvalue weighted by Crippen LogP contribution is 2.47. The minimum atomic E-state index is -3.60. The topological polar surface area (TPSA) is 86.8 Å². The van der Waals surface area contributed by atoms with Gasteiger partial charge in [-0.2, -0.15) is 4.31 Å². The van der Waals surface area contributed by atoms with Gasteiger partial charge in [0.25, 0.3) is 0 Å². The smallest absolute Gasteiger partial charge is 0.248 e. The van der Waals surface area contributed by atoms with Crippen LogP contribution in [0.2, 0.25) is 0 Å². The highest BCUT2D eigenvalue weighted by molar-refractivity contribution is 8.01. The number of hydrogen-bond acceptors (Lipinski definition) is 5. The average molecular weight is 412 g/mol. The van der Waals surface area contributed by atoms with Gasteiger partial charge in [0.05, 0.1) is 9.77 Å². The van der Waals surface area contributed by atoms with E-state index >= 15 is 0 Å². The first kappa shape index (κ1) is 20.2. The van der Waals surface area contributed by atoms with Gasteiger partial charge in [-0.05, 0) is 31.5 Å². The molecule has 2 aliphatic heterocycles. The molecule has 2 heterocycles. The highest BCUT2D eigenvalue weighted by Gasteiger charge is 2.52. The maximum Gasteiger partial charge on any atom is 0.248 e. The normalized spacial score (nSPS) is 25.1. The summed E-state index contributed by atoms with van der Waals surface area (Å²) >= 11 is 1.63. The molecule has 9 heteroatoms. The highest BCUT2D eigenvalue weighted by atomic mass is 32.2. The van der Waals surface area contributed by atoms with Crippen LogP contribution in [0.15, 0.2) is 29.2 Å². The number of carbonyl (C=O) groups is 2. The Morgan fingerprint density at radius 1 is 1.37 bits per heavy atom. The predicted octanol–water partition coefficient (Wildman–Crippen LogP) is 2.11. The largest absolute Gasteiger partial charge is 0.324 e. The first-order valence-electron chi connectivity index (χ1n) is 9.10. The number of fused-ring (bicyclic) bond motifs is 1. The second kappa shape index (κ2) is 7.44. The van der Waals surface area contributed by atoms with Gasteiger partial charge in [0.1, 0.15) is 6.04 Å². The van der Waals surface area contributed by atoms with Gasteiger partial charge in [0.15, 0.2) is 0 Å². The van der Waals surface area contributed by atoms with E-state index < -0.39 is 16.1 Å². The molecule has 3 rings (SSSR count). The molecule has 2 amide bonds. The van der Waals surface area contributed by atoms with Crippen molar-refractivity contribution in [3.8, 4) is 0 Å². The first-order chi connectivity index (χ1) is 12.7. The lowest BCUT2D eigenvalue weighted by molar-refractivity contribution is -0.135. The monoisotopic (exact) mass is 411 g/mol. The number of sulfonamides is 1. The maximum atomic E-state index is 12.8. The van der Waals surface area contributed by atoms with Crippen LogP contribution in [0.4, 0.5) is 5.69 Å². The Labute approximate surface area is 164 Å². The van der Waals surface area contributed by atoms with Gasteiger partial charge in [-0.3, -0.25) is 9.59 Å². The Morgan fingerprint density at radius 2 is 2.07 bits per heavy atom. The molecule has 0 saturated carbocycles. The van der Waals surface area contributed by atoms with Crippen LogP contribution in [0.3, 0.4) is 0 Å². The number of thioether (sulfide) groups is 1. The summed E-state index contributed by atoms with van der Waals surface area (Å²) in [4.78, 5) is 26.5. The Hall–Kier alpha value is -1.58. The molecule has 1 aromatic carbocycles. The molecule has 0 unspecified atom stereocenters. The van der Waals surface area contributed by atoms with Gasteiger partial charge in [-0.25, -0.2) is 8.42 Å². The van der Waals surface area contributed by atoms with E-state index in [2.05, 4.69) is 5.32 Å². The van der Waals surface area contributed by atoms with Gasteiger partial charge in [0.2, 0.25) is 21.8 Å². The number of amides is 2. The van der Waals surface area contributed by atoms with Gasteiger partial charge in [0, 0.05) is 31.0 Å². The van der Waals surface area contributed by atoms with Crippen molar-refractivity contribution in [2.75, 3.05) is 24.2 Å². The standard InChI is InChI=1S/C18H25N3O4S2/c1-4-20(5-2)27(24,25)14-8-6-7-13(11-14)19-17(23)15-12-26-18(3)10-9-16(22)21(15)18/h6-8,11,15H,4-5,9-10,12H2,1-3H3,(H,19,23)/t15-,18+/m1/s1. The van der Waals surface area contributed by atoms with Gasteiger partial charge >= 0.3 is 0 Å². The summed E-state index contributed by atoms with van der Waals surface area (Å²) in [5.41, 5.74) is 0.415. The van der Waals surface area contributed by atoms with Crippen LogP contribution in [0.1, 0.15) is 33.6 Å². The van der Waals surface area contributed by atoms with E-state index in [0.29, 0.717) is 31.0 Å². The third-order valence-corrected chi connectivity index (χ3v) is 8.74. The van der Waals surface area contributed by atoms with Crippen molar-refractivity contribution < 1.29 is 18.0 Å². The second-order valence-electron chi connectivity index (χ2n) is 6.87. The zero-order valence-electron chi connectivity index (χ0n) is 15.8. The molecule has 2 saturated heterocycles. The van der Waals surface area contributed by atoms with Crippen LogP contribution >= 0.6 is 11.8 Å². The molecule has 0 bridgehead atoms. The molecule has 0 spiro atoms. The van der Waals surface area contributed by atoms with Crippen molar-refractivity contribution in [2.45, 2.75) is 49.4 Å². The van der Waals surface area contributed by atoms with Crippen LogP contribution < -0.4 is 5.32 Å². The van der Waals surface area contributed by atoms with Crippen LogP contribution in [0, 0.1) is 0 Å². The molecule has 2 fully saturated rings. The molecule has 0 radical (unpaired) electrons. The lowest BCUT2D eigenvalue weighted by atomic mass is 10.2. The van der Waals surface area contributed by atoms with Crippen LogP contribution in [-0.4, -0.2) is 59.2 Å². The number of benzene rings is 1. The van der Waals surface area contributed by atoms with Crippen molar-refractivity contribution >= 4 is 39.3 Å². The molecule has 0 aliphatic carbocycles. The molecular weight excluding hydrogens is 386 g/mol. The summed E-state index contributed by atoms with van der Waals surface area (Å²) in [5, 5.41) is 2.79. The number of nitrogens with one attached hydrogen (secondary N) is 1. The first-order valence-corrected chi connectivity index (χ1v) is 11.5. The Morgan fingerprint density at radius 3 is 2.74 bits per heavy atom. The lowest BCUT2D eigenvalue weighted by Crippen LogP contribution is -2.48. The van der Waals surface area contributed by atoms with Crippen molar-refractivity contribution in [3.05, 3.63) is 24.3 Å². The van der Waals surface area contributed by atoms with Crippen LogP contribution in [0.25, 0.3) is 0 Å². The molecule has 148 valence electrons. The van der Waals surface area contributed by atoms with E-state index in [1.807, 2.05) is 6.92 Å². The van der Waals surface area contributed by atoms with E-state index in [0.717, 1.165) is 6.42 Å². The number of rotatable bonds is 6. The van der Waals surface area contributed by atoms with Crippen molar-refractivity contribution in [2.24, 2.45) is 0 Å². The number of nitrogens with zero attached hydrogens (tertiary/aromatic N) is 2. The van der Waals surface area contributed by atoms with Crippen LogP contribution in [0.5, 0.6) is 0 Å². The zero-order valence-corrected chi connectivity index (χ0v) is 17.4. The Balaban J connectivity index is 1.79. The molecule has 0 aromatic heterocycles. The Bertz CT molecular complexity index is 854. The van der Waals surface area contributed by atoms with Gasteiger partial charge in [-0.1, -0.05) is 19.9 Å². The van der Waals surface area contributed by atoms with Crippen molar-refractivity contribution in [1.29, 1.82) is 0 Å². The molecule has 27 heavy (non-hydrogen) atoms. The lowest BCUT2D eigenvalue weighted by Gasteiger charge is -2.29. The zero-order chi connectivity index (χ0) is 19.8. The fourth-order valence-electron chi connectivity index (χ4n) is 3.69. The van der Waals surface area contributed by atoms with E-state index in [1.165, 1.54) is 16.4 Å². The summed E-state index contributed by atoms with van der Waals surface area (Å²) in [7, 11) is -3.60. The summed E-state index contributed by atoms with van der Waals surface area (Å²) in [6.07, 6.45) is 1.21. The fourth-order valence-corrected chi connectivity index (χ4v) is 6.62. The summed E-state index contributed by atoms with van der Waals surface area (Å²) in [6.45, 7) is 6.32. The van der Waals surface area contributed by atoms with Crippen molar-refractivity contribution in [1.82, 2.24) is 9.21 Å². The van der Waals surface area contributed by atoms with Crippen molar-refractivity contribution in [3.63, 3.8) is 0 Å². The van der Waals surface area contributed by atoms with E-state index in [9.17, 15) is 18.0 Å². The number of anilines is 1. The summed E-state index contributed by atoms with van der Waals surface area (Å²) in [5.74, 6) is 0.269. The van der Waals surface area contributed by atoms with Gasteiger partial charge in [-0.15, -0.1) is 11.8 Å². The third kappa shape index (κ3) is 3.60. The predicted molar refractivity (Wildman–Crippen MR) is 106 cm³/mol. The molecule has 2 aliphatic rings. The van der Waals surface area contributed by atoms with E-state index in [4.69, 9.17) is 0 Å². The number of hydrogen-bond donors (Lipinski definition) is 1. The Kier molecular flexibility index (Phi) is 5.56. The van der Waals surface area contributed by atoms with Crippen LogP contribution in [-0.2, 0) is 19.6 Å². The minimum Gasteiger partial charge on any atom is -0.324 e. The molecule has 1 aromatic rings. The third-order valence-electron chi connectivity index (χ3n) is 5.19. The molecular formula is C18H25N3O4S2. The SMILES string of the molecule is CCN(CC)S(=O)(=O)c1cccc(NC(=O)[C@H]2CS[C@@]3(C)CCC(=O)N23)c1. The minimum absolute atomic E-state index is 0.000474. The molecule has 2 atom stereocenters. The molecule has 1 N–H and O–H groups in total. The molecule has 7 nitrogen and oxygen atoms in total. The quantitative estimate of drug-likeness (QED) is 0.775. The summed E-state index contributed by atoms with van der Waals surface area (Å²) in [6, 6.07) is 5.74. The number of carbonyl (C=O) groups excluding carboxylic acids is 2. The fraction of sp³-hybridized carbons (Fsp3) is 0.556. The average Bonchev–Trinajstić information content (AvgIpc) is 3.12. The second-order valence-corrected chi connectivity index (χ2v) is 10.3. The van der Waals surface area contributed by atoms with E-state index in [1.54, 1.807) is 42.6 Å².